The minimum atomic E-state index is 0.287. The molecule has 0 amide bonds. The summed E-state index contributed by atoms with van der Waals surface area (Å²) in [6.07, 6.45) is 12.0. The number of hydrogen-bond acceptors (Lipinski definition) is 3. The monoisotopic (exact) mass is 305 g/mol. The van der Waals surface area contributed by atoms with E-state index in [0.717, 1.165) is 42.0 Å². The van der Waals surface area contributed by atoms with Crippen molar-refractivity contribution in [2.75, 3.05) is 5.32 Å². The summed E-state index contributed by atoms with van der Waals surface area (Å²) in [4.78, 5) is 8.69. The van der Waals surface area contributed by atoms with Gasteiger partial charge in [-0.1, -0.05) is 24.9 Å². The molecule has 0 radical (unpaired) electrons. The van der Waals surface area contributed by atoms with Gasteiger partial charge in [-0.15, -0.1) is 0 Å². The maximum Gasteiger partial charge on any atom is 0.137 e. The summed E-state index contributed by atoms with van der Waals surface area (Å²) in [7, 11) is 0. The van der Waals surface area contributed by atoms with Gasteiger partial charge in [-0.2, -0.15) is 0 Å². The standard InChI is InChI=1S/C17H24ClN3/c1-2-3-14-15(18)19-10-20-16(14)21-17-7-11-4-12(8-17)6-13(5-11)9-17/h10-13H,2-9H2,1H3,(H,19,20,21). The summed E-state index contributed by atoms with van der Waals surface area (Å²) in [6, 6.07) is 0. The Bertz CT molecular complexity index is 508. The van der Waals surface area contributed by atoms with Crippen LogP contribution < -0.4 is 5.32 Å². The molecular weight excluding hydrogens is 282 g/mol. The van der Waals surface area contributed by atoms with E-state index in [4.69, 9.17) is 11.6 Å². The normalized spacial score (nSPS) is 37.0. The van der Waals surface area contributed by atoms with Crippen LogP contribution in [0.5, 0.6) is 0 Å². The van der Waals surface area contributed by atoms with Crippen LogP contribution in [-0.2, 0) is 6.42 Å². The summed E-state index contributed by atoms with van der Waals surface area (Å²) < 4.78 is 0. The van der Waals surface area contributed by atoms with E-state index in [0.29, 0.717) is 5.15 Å². The summed E-state index contributed by atoms with van der Waals surface area (Å²) in [5.41, 5.74) is 1.40. The van der Waals surface area contributed by atoms with E-state index >= 15 is 0 Å². The van der Waals surface area contributed by atoms with E-state index in [1.807, 2.05) is 0 Å². The third-order valence-electron chi connectivity index (χ3n) is 5.81. The fourth-order valence-corrected chi connectivity index (χ4v) is 5.71. The number of hydrogen-bond donors (Lipinski definition) is 1. The summed E-state index contributed by atoms with van der Waals surface area (Å²) in [5, 5.41) is 4.47. The van der Waals surface area contributed by atoms with Crippen molar-refractivity contribution < 1.29 is 0 Å². The van der Waals surface area contributed by atoms with Gasteiger partial charge in [-0.25, -0.2) is 9.97 Å². The van der Waals surface area contributed by atoms with Crippen molar-refractivity contribution in [3.05, 3.63) is 17.0 Å². The molecule has 0 spiro atoms. The van der Waals surface area contributed by atoms with Gasteiger partial charge in [0.1, 0.15) is 17.3 Å². The molecule has 0 saturated heterocycles. The predicted molar refractivity (Wildman–Crippen MR) is 85.6 cm³/mol. The quantitative estimate of drug-likeness (QED) is 0.834. The first-order valence-corrected chi connectivity index (χ1v) is 8.83. The molecule has 0 aliphatic heterocycles. The second kappa shape index (κ2) is 5.12. The van der Waals surface area contributed by atoms with Gasteiger partial charge in [-0.05, 0) is 62.7 Å². The van der Waals surface area contributed by atoms with Crippen molar-refractivity contribution >= 4 is 17.4 Å². The lowest BCUT2D eigenvalue weighted by atomic mass is 9.53. The summed E-state index contributed by atoms with van der Waals surface area (Å²) in [5.74, 6) is 3.82. The van der Waals surface area contributed by atoms with Gasteiger partial charge in [-0.3, -0.25) is 0 Å². The molecular formula is C17H24ClN3. The zero-order chi connectivity index (χ0) is 14.4. The largest absolute Gasteiger partial charge is 0.364 e. The lowest BCUT2D eigenvalue weighted by molar-refractivity contribution is 0.0105. The van der Waals surface area contributed by atoms with Crippen LogP contribution in [0.3, 0.4) is 0 Å². The Morgan fingerprint density at radius 1 is 1.14 bits per heavy atom. The number of rotatable bonds is 4. The molecule has 4 saturated carbocycles. The molecule has 0 atom stereocenters. The highest BCUT2D eigenvalue weighted by Crippen LogP contribution is 2.56. The molecule has 3 nitrogen and oxygen atoms in total. The Kier molecular flexibility index (Phi) is 3.36. The maximum absolute atomic E-state index is 6.30. The first-order valence-electron chi connectivity index (χ1n) is 8.45. The minimum Gasteiger partial charge on any atom is -0.364 e. The van der Waals surface area contributed by atoms with Crippen LogP contribution in [0.1, 0.15) is 57.4 Å². The minimum absolute atomic E-state index is 0.287. The summed E-state index contributed by atoms with van der Waals surface area (Å²) >= 11 is 6.30. The van der Waals surface area contributed by atoms with E-state index in [-0.39, 0.29) is 5.54 Å². The molecule has 1 N–H and O–H groups in total. The van der Waals surface area contributed by atoms with E-state index < -0.39 is 0 Å². The van der Waals surface area contributed by atoms with Gasteiger partial charge in [0.05, 0.1) is 0 Å². The van der Waals surface area contributed by atoms with Crippen molar-refractivity contribution in [3.63, 3.8) is 0 Å². The molecule has 4 heteroatoms. The maximum atomic E-state index is 6.30. The van der Waals surface area contributed by atoms with Crippen LogP contribution in [0.2, 0.25) is 5.15 Å². The van der Waals surface area contributed by atoms with Gasteiger partial charge in [0, 0.05) is 11.1 Å². The van der Waals surface area contributed by atoms with Crippen LogP contribution in [0, 0.1) is 17.8 Å². The third kappa shape index (κ3) is 2.44. The average Bonchev–Trinajstić information content (AvgIpc) is 2.41. The zero-order valence-electron chi connectivity index (χ0n) is 12.7. The first-order chi connectivity index (χ1) is 10.2. The fourth-order valence-electron chi connectivity index (χ4n) is 5.49. The molecule has 21 heavy (non-hydrogen) atoms. The molecule has 4 bridgehead atoms. The Hall–Kier alpha value is -0.830. The van der Waals surface area contributed by atoms with Crippen LogP contribution >= 0.6 is 11.6 Å². The number of nitrogens with zero attached hydrogens (tertiary/aromatic N) is 2. The Labute approximate surface area is 131 Å². The Morgan fingerprint density at radius 3 is 2.33 bits per heavy atom. The van der Waals surface area contributed by atoms with E-state index in [1.54, 1.807) is 6.33 Å². The van der Waals surface area contributed by atoms with Crippen LogP contribution in [0.4, 0.5) is 5.82 Å². The smallest absolute Gasteiger partial charge is 0.137 e. The van der Waals surface area contributed by atoms with Crippen LogP contribution in [0.25, 0.3) is 0 Å². The number of halogens is 1. The molecule has 5 rings (SSSR count). The van der Waals surface area contributed by atoms with Crippen LogP contribution in [-0.4, -0.2) is 15.5 Å². The SMILES string of the molecule is CCCc1c(Cl)ncnc1NC12CC3CC(CC(C3)C1)C2. The van der Waals surface area contributed by atoms with Crippen molar-refractivity contribution in [1.29, 1.82) is 0 Å². The molecule has 1 aromatic heterocycles. The number of nitrogens with one attached hydrogen (secondary N) is 1. The molecule has 4 fully saturated rings. The molecule has 1 heterocycles. The van der Waals surface area contributed by atoms with E-state index in [9.17, 15) is 0 Å². The van der Waals surface area contributed by atoms with Gasteiger partial charge in [0.2, 0.25) is 0 Å². The molecule has 114 valence electrons. The van der Waals surface area contributed by atoms with Gasteiger partial charge in [0.15, 0.2) is 0 Å². The highest BCUT2D eigenvalue weighted by Gasteiger charge is 2.51. The second-order valence-electron chi connectivity index (χ2n) is 7.56. The lowest BCUT2D eigenvalue weighted by Crippen LogP contribution is -2.55. The molecule has 1 aromatic rings. The second-order valence-corrected chi connectivity index (χ2v) is 7.92. The topological polar surface area (TPSA) is 37.8 Å². The van der Waals surface area contributed by atoms with E-state index in [1.165, 1.54) is 38.5 Å². The molecule has 0 aromatic carbocycles. The Morgan fingerprint density at radius 2 is 1.76 bits per heavy atom. The zero-order valence-corrected chi connectivity index (χ0v) is 13.5. The van der Waals surface area contributed by atoms with Crippen LogP contribution in [0.15, 0.2) is 6.33 Å². The van der Waals surface area contributed by atoms with Gasteiger partial charge >= 0.3 is 0 Å². The molecule has 4 aliphatic rings. The average molecular weight is 306 g/mol. The highest BCUT2D eigenvalue weighted by molar-refractivity contribution is 6.30. The summed E-state index contributed by atoms with van der Waals surface area (Å²) in [6.45, 7) is 2.18. The number of aromatic nitrogens is 2. The predicted octanol–water partition coefficient (Wildman–Crippen LogP) is 4.46. The third-order valence-corrected chi connectivity index (χ3v) is 6.14. The van der Waals surface area contributed by atoms with Crippen molar-refractivity contribution in [3.8, 4) is 0 Å². The first kappa shape index (κ1) is 13.8. The van der Waals surface area contributed by atoms with Crippen molar-refractivity contribution in [2.45, 2.75) is 63.8 Å². The molecule has 4 aliphatic carbocycles. The van der Waals surface area contributed by atoms with E-state index in [2.05, 4.69) is 22.2 Å². The number of anilines is 1. The van der Waals surface area contributed by atoms with Gasteiger partial charge in [0.25, 0.3) is 0 Å². The highest BCUT2D eigenvalue weighted by atomic mass is 35.5. The fraction of sp³-hybridized carbons (Fsp3) is 0.765. The lowest BCUT2D eigenvalue weighted by Gasteiger charge is -2.57. The van der Waals surface area contributed by atoms with Crippen molar-refractivity contribution in [1.82, 2.24) is 9.97 Å². The van der Waals surface area contributed by atoms with Gasteiger partial charge < -0.3 is 5.32 Å². The van der Waals surface area contributed by atoms with Crippen molar-refractivity contribution in [2.24, 2.45) is 17.8 Å². The molecule has 0 unspecified atom stereocenters. The Balaban J connectivity index is 1.63.